The highest BCUT2D eigenvalue weighted by Gasteiger charge is 2.15. The number of carbonyl (C=O) groups is 1. The van der Waals surface area contributed by atoms with Crippen LogP contribution in [-0.2, 0) is 22.5 Å². The van der Waals surface area contributed by atoms with Gasteiger partial charge in [-0.3, -0.25) is 4.79 Å². The van der Waals surface area contributed by atoms with Crippen LogP contribution >= 0.6 is 0 Å². The fourth-order valence-corrected chi connectivity index (χ4v) is 4.99. The minimum Gasteiger partial charge on any atom is -0.457 e. The van der Waals surface area contributed by atoms with E-state index >= 15 is 0 Å². The molecule has 0 aliphatic carbocycles. The molecule has 0 aliphatic rings. The van der Waals surface area contributed by atoms with Crippen LogP contribution in [-0.4, -0.2) is 37.9 Å². The smallest absolute Gasteiger partial charge is 0.308 e. The van der Waals surface area contributed by atoms with E-state index in [4.69, 9.17) is 9.47 Å². The molecule has 38 heavy (non-hydrogen) atoms. The number of hydrogen-bond donors (Lipinski definition) is 0. The molecule has 0 saturated heterocycles. The molecule has 2 rings (SSSR count). The fourth-order valence-electron chi connectivity index (χ4n) is 4.99. The second-order valence-corrected chi connectivity index (χ2v) is 11.5. The summed E-state index contributed by atoms with van der Waals surface area (Å²) in [4.78, 5) is 12.1. The van der Waals surface area contributed by atoms with E-state index in [-0.39, 0.29) is 12.8 Å². The standard InChI is InChI=1S/C34H54NO3/c1-4-5-6-7-8-9-10-11-12-13-15-21-31-24-20-25-33(28-31)37-30-38-34(36)26-18-19-27-35(2,3)29-32-22-16-14-17-23-32/h14,16-17,20,22-25,28H,4-13,15,18-19,21,26-27,29-30H2,1-3H3/q+1. The van der Waals surface area contributed by atoms with Gasteiger partial charge in [0.25, 0.3) is 0 Å². The lowest BCUT2D eigenvalue weighted by atomic mass is 10.0. The minimum absolute atomic E-state index is 0.0176. The third-order valence-corrected chi connectivity index (χ3v) is 7.26. The van der Waals surface area contributed by atoms with Crippen LogP contribution in [0.15, 0.2) is 54.6 Å². The lowest BCUT2D eigenvalue weighted by Gasteiger charge is -2.30. The Hall–Kier alpha value is -2.33. The summed E-state index contributed by atoms with van der Waals surface area (Å²) in [6.45, 7) is 4.29. The molecule has 0 spiro atoms. The van der Waals surface area contributed by atoms with E-state index in [1.165, 1.54) is 81.8 Å². The van der Waals surface area contributed by atoms with Crippen LogP contribution in [0.5, 0.6) is 5.75 Å². The first kappa shape index (κ1) is 31.9. The molecule has 0 heterocycles. The SMILES string of the molecule is CCCCCCCCCCCCCc1cccc(OCOC(=O)CCCC[N+](C)(C)Cc2ccccc2)c1. The molecule has 4 heteroatoms. The van der Waals surface area contributed by atoms with Crippen LogP contribution in [0.4, 0.5) is 0 Å². The number of carbonyl (C=O) groups excluding carboxylic acids is 1. The summed E-state index contributed by atoms with van der Waals surface area (Å²) < 4.78 is 11.9. The van der Waals surface area contributed by atoms with Crippen molar-refractivity contribution in [2.75, 3.05) is 27.4 Å². The Bertz CT molecular complexity index is 865. The first-order valence-corrected chi connectivity index (χ1v) is 15.2. The molecule has 0 aliphatic heterocycles. The van der Waals surface area contributed by atoms with Gasteiger partial charge in [-0.2, -0.15) is 0 Å². The molecule has 0 atom stereocenters. The highest BCUT2D eigenvalue weighted by atomic mass is 16.7. The van der Waals surface area contributed by atoms with Gasteiger partial charge in [-0.15, -0.1) is 0 Å². The molecule has 0 aromatic heterocycles. The number of benzene rings is 2. The number of hydrogen-bond acceptors (Lipinski definition) is 3. The number of ether oxygens (including phenoxy) is 2. The van der Waals surface area contributed by atoms with E-state index in [0.717, 1.165) is 42.6 Å². The second kappa shape index (κ2) is 19.7. The maximum absolute atomic E-state index is 12.1. The Morgan fingerprint density at radius 2 is 1.34 bits per heavy atom. The third kappa shape index (κ3) is 15.8. The van der Waals surface area contributed by atoms with Crippen molar-refractivity contribution in [2.45, 2.75) is 110 Å². The molecule has 2 aromatic rings. The van der Waals surface area contributed by atoms with E-state index in [0.29, 0.717) is 6.42 Å². The maximum atomic E-state index is 12.1. The van der Waals surface area contributed by atoms with Gasteiger partial charge in [-0.05, 0) is 43.4 Å². The number of unbranched alkanes of at least 4 members (excludes halogenated alkanes) is 11. The molecule has 0 radical (unpaired) electrons. The Kier molecular flexibility index (Phi) is 16.5. The van der Waals surface area contributed by atoms with E-state index in [9.17, 15) is 4.79 Å². The molecular weight excluding hydrogens is 470 g/mol. The van der Waals surface area contributed by atoms with E-state index in [1.54, 1.807) is 0 Å². The Morgan fingerprint density at radius 3 is 2.03 bits per heavy atom. The fraction of sp³-hybridized carbons (Fsp3) is 0.618. The molecule has 212 valence electrons. The summed E-state index contributed by atoms with van der Waals surface area (Å²) in [5.74, 6) is 0.591. The molecule has 0 unspecified atom stereocenters. The normalized spacial score (nSPS) is 11.4. The van der Waals surface area contributed by atoms with Crippen molar-refractivity contribution in [3.8, 4) is 5.75 Å². The average molecular weight is 525 g/mol. The maximum Gasteiger partial charge on any atom is 0.308 e. The van der Waals surface area contributed by atoms with Gasteiger partial charge in [-0.25, -0.2) is 0 Å². The van der Waals surface area contributed by atoms with Gasteiger partial charge in [0, 0.05) is 12.0 Å². The lowest BCUT2D eigenvalue weighted by molar-refractivity contribution is -0.903. The monoisotopic (exact) mass is 524 g/mol. The first-order chi connectivity index (χ1) is 18.5. The molecule has 0 bridgehead atoms. The van der Waals surface area contributed by atoms with Gasteiger partial charge in [0.05, 0.1) is 20.6 Å². The van der Waals surface area contributed by atoms with Gasteiger partial charge >= 0.3 is 5.97 Å². The predicted octanol–water partition coefficient (Wildman–Crippen LogP) is 8.87. The molecular formula is C34H54NO3+. The highest BCUT2D eigenvalue weighted by molar-refractivity contribution is 5.69. The molecule has 4 nitrogen and oxygen atoms in total. The zero-order valence-corrected chi connectivity index (χ0v) is 24.6. The minimum atomic E-state index is -0.185. The number of aryl methyl sites for hydroxylation is 1. The summed E-state index contributed by atoms with van der Waals surface area (Å²) in [5.41, 5.74) is 2.64. The highest BCUT2D eigenvalue weighted by Crippen LogP contribution is 2.17. The summed E-state index contributed by atoms with van der Waals surface area (Å²) in [5, 5.41) is 0. The summed E-state index contributed by atoms with van der Waals surface area (Å²) in [6, 6.07) is 18.8. The van der Waals surface area contributed by atoms with Crippen molar-refractivity contribution < 1.29 is 18.8 Å². The van der Waals surface area contributed by atoms with E-state index in [2.05, 4.69) is 63.5 Å². The van der Waals surface area contributed by atoms with Crippen LogP contribution in [0.25, 0.3) is 0 Å². The van der Waals surface area contributed by atoms with Crippen molar-refractivity contribution in [1.82, 2.24) is 0 Å². The van der Waals surface area contributed by atoms with Crippen molar-refractivity contribution in [3.05, 3.63) is 65.7 Å². The lowest BCUT2D eigenvalue weighted by Crippen LogP contribution is -2.39. The number of esters is 1. The van der Waals surface area contributed by atoms with Gasteiger partial charge in [0.15, 0.2) is 0 Å². The van der Waals surface area contributed by atoms with Gasteiger partial charge in [0.2, 0.25) is 6.79 Å². The topological polar surface area (TPSA) is 35.5 Å². The zero-order chi connectivity index (χ0) is 27.3. The third-order valence-electron chi connectivity index (χ3n) is 7.26. The van der Waals surface area contributed by atoms with Crippen molar-refractivity contribution in [1.29, 1.82) is 0 Å². The summed E-state index contributed by atoms with van der Waals surface area (Å²) >= 11 is 0. The van der Waals surface area contributed by atoms with Crippen LogP contribution in [0.2, 0.25) is 0 Å². The quantitative estimate of drug-likeness (QED) is 0.0668. The van der Waals surface area contributed by atoms with Crippen molar-refractivity contribution >= 4 is 5.97 Å². The van der Waals surface area contributed by atoms with E-state index in [1.807, 2.05) is 12.1 Å². The number of rotatable bonds is 22. The Balaban J connectivity index is 1.49. The van der Waals surface area contributed by atoms with Crippen LogP contribution in [0.1, 0.15) is 108 Å². The predicted molar refractivity (Wildman–Crippen MR) is 159 cm³/mol. The van der Waals surface area contributed by atoms with E-state index < -0.39 is 0 Å². The Labute approximate surface area is 233 Å². The van der Waals surface area contributed by atoms with Gasteiger partial charge in [-0.1, -0.05) is 114 Å². The molecule has 0 N–H and O–H groups in total. The van der Waals surface area contributed by atoms with Crippen molar-refractivity contribution in [3.63, 3.8) is 0 Å². The van der Waals surface area contributed by atoms with Crippen LogP contribution in [0.3, 0.4) is 0 Å². The molecule has 0 saturated carbocycles. The number of quaternary nitrogens is 1. The van der Waals surface area contributed by atoms with Crippen LogP contribution < -0.4 is 4.74 Å². The number of nitrogens with zero attached hydrogens (tertiary/aromatic N) is 1. The zero-order valence-electron chi connectivity index (χ0n) is 24.6. The van der Waals surface area contributed by atoms with Crippen LogP contribution in [0, 0.1) is 0 Å². The van der Waals surface area contributed by atoms with Gasteiger partial charge in [0.1, 0.15) is 12.3 Å². The molecule has 0 fully saturated rings. The molecule has 2 aromatic carbocycles. The second-order valence-electron chi connectivity index (χ2n) is 11.5. The summed E-state index contributed by atoms with van der Waals surface area (Å²) in [7, 11) is 4.48. The van der Waals surface area contributed by atoms with Gasteiger partial charge < -0.3 is 14.0 Å². The summed E-state index contributed by atoms with van der Waals surface area (Å²) in [6.07, 6.45) is 18.3. The molecule has 0 amide bonds. The van der Waals surface area contributed by atoms with Crippen molar-refractivity contribution in [2.24, 2.45) is 0 Å². The largest absolute Gasteiger partial charge is 0.457 e. The first-order valence-electron chi connectivity index (χ1n) is 15.2. The average Bonchev–Trinajstić information content (AvgIpc) is 2.90. The Morgan fingerprint density at radius 1 is 0.711 bits per heavy atom.